The number of carbonyl (C=O) groups is 2. The number of fused-ring (bicyclic) bond motifs is 1. The van der Waals surface area contributed by atoms with E-state index in [0.717, 1.165) is 15.1 Å². The van der Waals surface area contributed by atoms with Gasteiger partial charge < -0.3 is 9.64 Å². The quantitative estimate of drug-likeness (QED) is 0.711. The Morgan fingerprint density at radius 1 is 1.11 bits per heavy atom. The van der Waals surface area contributed by atoms with Crippen molar-refractivity contribution in [3.8, 4) is 0 Å². The molecule has 1 saturated heterocycles. The third kappa shape index (κ3) is 4.18. The van der Waals surface area contributed by atoms with Crippen molar-refractivity contribution in [1.29, 1.82) is 0 Å². The van der Waals surface area contributed by atoms with E-state index in [0.29, 0.717) is 25.9 Å². The summed E-state index contributed by atoms with van der Waals surface area (Å²) in [5.74, 6) is -0.730. The molecule has 0 saturated carbocycles. The Hall–Kier alpha value is -2.45. The van der Waals surface area contributed by atoms with E-state index in [9.17, 15) is 18.0 Å². The lowest BCUT2D eigenvalue weighted by Gasteiger charge is -2.31. The van der Waals surface area contributed by atoms with Crippen LogP contribution in [-0.2, 0) is 24.3 Å². The van der Waals surface area contributed by atoms with Crippen LogP contribution in [0.25, 0.3) is 10.8 Å². The fourth-order valence-corrected chi connectivity index (χ4v) is 4.57. The largest absolute Gasteiger partial charge is 0.469 e. The number of esters is 1. The van der Waals surface area contributed by atoms with Gasteiger partial charge in [0.25, 0.3) is 0 Å². The fourth-order valence-electron chi connectivity index (χ4n) is 3.41. The molecule has 0 spiro atoms. The van der Waals surface area contributed by atoms with Crippen LogP contribution in [-0.4, -0.2) is 63.3 Å². The van der Waals surface area contributed by atoms with E-state index >= 15 is 0 Å². The van der Waals surface area contributed by atoms with Crippen LogP contribution in [0.15, 0.2) is 47.4 Å². The van der Waals surface area contributed by atoms with Crippen LogP contribution in [0.3, 0.4) is 0 Å². The molecule has 1 aliphatic rings. The molecular formula is C20H24N2O5S. The SMILES string of the molecule is COC(=O)C1CCN(C(=O)CN(C)S(=O)(=O)c2ccc3ccccc3c2)CC1. The molecule has 2 aromatic rings. The van der Waals surface area contributed by atoms with Gasteiger partial charge in [-0.2, -0.15) is 4.31 Å². The van der Waals surface area contributed by atoms with Gasteiger partial charge in [-0.3, -0.25) is 9.59 Å². The average Bonchev–Trinajstić information content (AvgIpc) is 2.72. The molecule has 0 aliphatic carbocycles. The van der Waals surface area contributed by atoms with E-state index in [1.165, 1.54) is 14.2 Å². The van der Waals surface area contributed by atoms with Crippen molar-refractivity contribution in [2.75, 3.05) is 33.8 Å². The molecule has 0 aromatic heterocycles. The number of likely N-dealkylation sites (N-methyl/N-ethyl adjacent to an activating group) is 1. The first-order valence-electron chi connectivity index (χ1n) is 9.13. The van der Waals surface area contributed by atoms with E-state index in [-0.39, 0.29) is 29.2 Å². The normalized spacial score (nSPS) is 15.8. The predicted octanol–water partition coefficient (Wildman–Crippen LogP) is 1.87. The highest BCUT2D eigenvalue weighted by molar-refractivity contribution is 7.89. The van der Waals surface area contributed by atoms with Crippen molar-refractivity contribution in [3.05, 3.63) is 42.5 Å². The molecule has 150 valence electrons. The Morgan fingerprint density at radius 2 is 1.75 bits per heavy atom. The third-order valence-electron chi connectivity index (χ3n) is 5.17. The molecular weight excluding hydrogens is 380 g/mol. The maximum absolute atomic E-state index is 12.9. The van der Waals surface area contributed by atoms with E-state index in [1.54, 1.807) is 23.1 Å². The van der Waals surface area contributed by atoms with Gasteiger partial charge in [0.05, 0.1) is 24.5 Å². The maximum atomic E-state index is 12.9. The van der Waals surface area contributed by atoms with Gasteiger partial charge in [0.2, 0.25) is 15.9 Å². The highest BCUT2D eigenvalue weighted by Gasteiger charge is 2.30. The highest BCUT2D eigenvalue weighted by atomic mass is 32.2. The number of hydrogen-bond acceptors (Lipinski definition) is 5. The summed E-state index contributed by atoms with van der Waals surface area (Å²) in [6.45, 7) is 0.600. The minimum Gasteiger partial charge on any atom is -0.469 e. The van der Waals surface area contributed by atoms with Crippen molar-refractivity contribution in [3.63, 3.8) is 0 Å². The van der Waals surface area contributed by atoms with Crippen molar-refractivity contribution >= 4 is 32.7 Å². The van der Waals surface area contributed by atoms with E-state index < -0.39 is 10.0 Å². The van der Waals surface area contributed by atoms with Gasteiger partial charge in [-0.1, -0.05) is 30.3 Å². The molecule has 1 amide bonds. The number of methoxy groups -OCH3 is 1. The van der Waals surface area contributed by atoms with Crippen LogP contribution in [0, 0.1) is 5.92 Å². The molecule has 2 aromatic carbocycles. The third-order valence-corrected chi connectivity index (χ3v) is 6.97. The number of carbonyl (C=O) groups excluding carboxylic acids is 2. The minimum absolute atomic E-state index is 0.158. The Kier molecular flexibility index (Phi) is 6.00. The van der Waals surface area contributed by atoms with Crippen molar-refractivity contribution in [2.24, 2.45) is 5.92 Å². The number of amides is 1. The number of sulfonamides is 1. The Labute approximate surface area is 164 Å². The van der Waals surface area contributed by atoms with Gasteiger partial charge in [-0.25, -0.2) is 8.42 Å². The zero-order valence-corrected chi connectivity index (χ0v) is 16.8. The molecule has 0 unspecified atom stereocenters. The molecule has 8 heteroatoms. The van der Waals surface area contributed by atoms with Gasteiger partial charge in [0, 0.05) is 20.1 Å². The van der Waals surface area contributed by atoms with Gasteiger partial charge in [-0.15, -0.1) is 0 Å². The lowest BCUT2D eigenvalue weighted by molar-refractivity contribution is -0.148. The van der Waals surface area contributed by atoms with Crippen LogP contribution in [0.4, 0.5) is 0 Å². The topological polar surface area (TPSA) is 84.0 Å². The molecule has 0 radical (unpaired) electrons. The molecule has 0 bridgehead atoms. The lowest BCUT2D eigenvalue weighted by Crippen LogP contribution is -2.45. The smallest absolute Gasteiger partial charge is 0.308 e. The Morgan fingerprint density at radius 3 is 2.39 bits per heavy atom. The van der Waals surface area contributed by atoms with E-state index in [1.807, 2.05) is 24.3 Å². The number of ether oxygens (including phenoxy) is 1. The number of hydrogen-bond donors (Lipinski definition) is 0. The second kappa shape index (κ2) is 8.28. The van der Waals surface area contributed by atoms with Crippen LogP contribution in [0.5, 0.6) is 0 Å². The predicted molar refractivity (Wildman–Crippen MR) is 105 cm³/mol. The molecule has 1 heterocycles. The first-order chi connectivity index (χ1) is 13.3. The number of piperidine rings is 1. The summed E-state index contributed by atoms with van der Waals surface area (Å²) in [7, 11) is -1.02. The van der Waals surface area contributed by atoms with Gasteiger partial charge in [-0.05, 0) is 35.7 Å². The van der Waals surface area contributed by atoms with Crippen LogP contribution >= 0.6 is 0 Å². The molecule has 28 heavy (non-hydrogen) atoms. The molecule has 7 nitrogen and oxygen atoms in total. The molecule has 0 N–H and O–H groups in total. The van der Waals surface area contributed by atoms with Crippen LogP contribution < -0.4 is 0 Å². The number of nitrogens with zero attached hydrogens (tertiary/aromatic N) is 2. The van der Waals surface area contributed by atoms with E-state index in [2.05, 4.69) is 0 Å². The standard InChI is InChI=1S/C20H24N2O5S/c1-21(14-19(23)22-11-9-16(10-12-22)20(24)27-2)28(25,26)18-8-7-15-5-3-4-6-17(15)13-18/h3-8,13,16H,9-12,14H2,1-2H3. The monoisotopic (exact) mass is 404 g/mol. The summed E-state index contributed by atoms with van der Waals surface area (Å²) in [4.78, 5) is 25.9. The molecule has 1 aliphatic heterocycles. The first kappa shape index (κ1) is 20.3. The summed E-state index contributed by atoms with van der Waals surface area (Å²) >= 11 is 0. The van der Waals surface area contributed by atoms with Crippen LogP contribution in [0.2, 0.25) is 0 Å². The van der Waals surface area contributed by atoms with E-state index in [4.69, 9.17) is 4.74 Å². The molecule has 1 fully saturated rings. The van der Waals surface area contributed by atoms with Crippen molar-refractivity contribution < 1.29 is 22.7 Å². The zero-order chi connectivity index (χ0) is 20.3. The summed E-state index contributed by atoms with van der Waals surface area (Å²) in [6.07, 6.45) is 1.05. The zero-order valence-electron chi connectivity index (χ0n) is 16.0. The number of benzene rings is 2. The number of rotatable bonds is 5. The van der Waals surface area contributed by atoms with Gasteiger partial charge in [0.1, 0.15) is 0 Å². The van der Waals surface area contributed by atoms with Gasteiger partial charge in [0.15, 0.2) is 0 Å². The van der Waals surface area contributed by atoms with Crippen molar-refractivity contribution in [2.45, 2.75) is 17.7 Å². The second-order valence-corrected chi connectivity index (χ2v) is 8.99. The maximum Gasteiger partial charge on any atom is 0.308 e. The second-order valence-electron chi connectivity index (χ2n) is 6.95. The van der Waals surface area contributed by atoms with Crippen LogP contribution in [0.1, 0.15) is 12.8 Å². The fraction of sp³-hybridized carbons (Fsp3) is 0.400. The summed E-state index contributed by atoms with van der Waals surface area (Å²) in [6, 6.07) is 12.4. The highest BCUT2D eigenvalue weighted by Crippen LogP contribution is 2.22. The number of likely N-dealkylation sites (tertiary alicyclic amines) is 1. The van der Waals surface area contributed by atoms with Gasteiger partial charge >= 0.3 is 5.97 Å². The summed E-state index contributed by atoms with van der Waals surface area (Å²) in [5.41, 5.74) is 0. The summed E-state index contributed by atoms with van der Waals surface area (Å²) < 4.78 is 31.6. The summed E-state index contributed by atoms with van der Waals surface area (Å²) in [5, 5.41) is 1.78. The van der Waals surface area contributed by atoms with Crippen molar-refractivity contribution in [1.82, 2.24) is 9.21 Å². The average molecular weight is 404 g/mol. The Balaban J connectivity index is 1.66. The molecule has 0 atom stereocenters. The Bertz CT molecular complexity index is 981. The lowest BCUT2D eigenvalue weighted by atomic mass is 9.97. The first-order valence-corrected chi connectivity index (χ1v) is 10.6. The minimum atomic E-state index is -3.78. The molecule has 3 rings (SSSR count).